The van der Waals surface area contributed by atoms with Crippen LogP contribution < -0.4 is 5.32 Å². The summed E-state index contributed by atoms with van der Waals surface area (Å²) in [7, 11) is 0. The van der Waals surface area contributed by atoms with Gasteiger partial charge in [0, 0.05) is 38.8 Å². The number of ether oxygens (including phenoxy) is 1. The third-order valence-corrected chi connectivity index (χ3v) is 6.14. The summed E-state index contributed by atoms with van der Waals surface area (Å²) in [4.78, 5) is 16.0. The van der Waals surface area contributed by atoms with E-state index in [0.717, 1.165) is 35.9 Å². The van der Waals surface area contributed by atoms with Crippen molar-refractivity contribution in [2.45, 2.75) is 12.3 Å². The zero-order valence-electron chi connectivity index (χ0n) is 19.8. The van der Waals surface area contributed by atoms with Gasteiger partial charge in [-0.05, 0) is 35.4 Å². The van der Waals surface area contributed by atoms with Crippen LogP contribution in [0.4, 0.5) is 32.4 Å². The fourth-order valence-corrected chi connectivity index (χ4v) is 4.15. The second-order valence-electron chi connectivity index (χ2n) is 8.67. The minimum Gasteiger partial charge on any atom is -0.367 e. The van der Waals surface area contributed by atoms with Gasteiger partial charge in [-0.1, -0.05) is 42.5 Å². The van der Waals surface area contributed by atoms with Crippen LogP contribution in [0.15, 0.2) is 72.8 Å². The molecule has 5 nitrogen and oxygen atoms in total. The summed E-state index contributed by atoms with van der Waals surface area (Å²) in [6.07, 6.45) is -5.12. The molecule has 196 valence electrons. The molecular weight excluding hydrogens is 493 g/mol. The van der Waals surface area contributed by atoms with E-state index in [2.05, 4.69) is 10.2 Å². The number of amides is 2. The van der Waals surface area contributed by atoms with Gasteiger partial charge < -0.3 is 15.0 Å². The van der Waals surface area contributed by atoms with Gasteiger partial charge in [-0.3, -0.25) is 4.90 Å². The van der Waals surface area contributed by atoms with Crippen LogP contribution in [-0.2, 0) is 10.9 Å². The summed E-state index contributed by atoms with van der Waals surface area (Å²) in [5, 5.41) is 2.39. The Morgan fingerprint density at radius 2 is 1.59 bits per heavy atom. The molecule has 10 heteroatoms. The van der Waals surface area contributed by atoms with Gasteiger partial charge >= 0.3 is 12.2 Å². The van der Waals surface area contributed by atoms with Crippen LogP contribution >= 0.6 is 0 Å². The van der Waals surface area contributed by atoms with Crippen molar-refractivity contribution >= 4 is 11.7 Å². The van der Waals surface area contributed by atoms with E-state index in [-0.39, 0.29) is 12.3 Å². The lowest BCUT2D eigenvalue weighted by molar-refractivity contribution is -0.137. The molecule has 1 unspecified atom stereocenters. The zero-order chi connectivity index (χ0) is 26.4. The molecule has 0 bridgehead atoms. The molecule has 1 saturated heterocycles. The number of piperazine rings is 1. The number of urea groups is 1. The number of alkyl halides is 3. The van der Waals surface area contributed by atoms with E-state index in [4.69, 9.17) is 4.74 Å². The Morgan fingerprint density at radius 3 is 2.30 bits per heavy atom. The Labute approximate surface area is 211 Å². The number of halogens is 5. The number of anilines is 1. The Morgan fingerprint density at radius 1 is 0.892 bits per heavy atom. The van der Waals surface area contributed by atoms with E-state index in [0.29, 0.717) is 38.3 Å². The largest absolute Gasteiger partial charge is 0.416 e. The van der Waals surface area contributed by atoms with Crippen molar-refractivity contribution < 1.29 is 31.5 Å². The van der Waals surface area contributed by atoms with Gasteiger partial charge in [0.15, 0.2) is 0 Å². The van der Waals surface area contributed by atoms with Crippen molar-refractivity contribution in [1.29, 1.82) is 0 Å². The lowest BCUT2D eigenvalue weighted by Crippen LogP contribution is -2.50. The Hall–Kier alpha value is -3.50. The molecule has 3 aromatic carbocycles. The van der Waals surface area contributed by atoms with Gasteiger partial charge in [0.25, 0.3) is 0 Å². The second kappa shape index (κ2) is 11.7. The number of carbonyl (C=O) groups excluding carboxylic acids is 1. The van der Waals surface area contributed by atoms with E-state index >= 15 is 0 Å². The Bertz CT molecular complexity index is 1200. The van der Waals surface area contributed by atoms with Gasteiger partial charge in [-0.25, -0.2) is 13.6 Å². The molecule has 0 aliphatic carbocycles. The number of hydrogen-bond acceptors (Lipinski definition) is 3. The van der Waals surface area contributed by atoms with Crippen LogP contribution in [0, 0.1) is 11.6 Å². The normalized spacial score (nSPS) is 15.4. The van der Waals surface area contributed by atoms with E-state index in [1.807, 2.05) is 18.2 Å². The number of hydrogen-bond donors (Lipinski definition) is 1. The van der Waals surface area contributed by atoms with Gasteiger partial charge in [-0.2, -0.15) is 13.2 Å². The van der Waals surface area contributed by atoms with Crippen molar-refractivity contribution in [2.24, 2.45) is 0 Å². The maximum atomic E-state index is 13.8. The van der Waals surface area contributed by atoms with Crippen molar-refractivity contribution in [1.82, 2.24) is 9.80 Å². The first-order chi connectivity index (χ1) is 17.7. The molecule has 0 saturated carbocycles. The number of carbonyl (C=O) groups is 1. The number of nitrogens with zero attached hydrogens (tertiary/aromatic N) is 2. The van der Waals surface area contributed by atoms with Gasteiger partial charge in [-0.15, -0.1) is 0 Å². The number of nitrogens with one attached hydrogen (secondary N) is 1. The first kappa shape index (κ1) is 26.6. The summed E-state index contributed by atoms with van der Waals surface area (Å²) in [5.74, 6) is -1.38. The van der Waals surface area contributed by atoms with Crippen LogP contribution in [0.2, 0.25) is 0 Å². The quantitative estimate of drug-likeness (QED) is 0.393. The highest BCUT2D eigenvalue weighted by atomic mass is 19.4. The van der Waals surface area contributed by atoms with Crippen LogP contribution in [0.3, 0.4) is 0 Å². The van der Waals surface area contributed by atoms with Crippen molar-refractivity contribution in [3.63, 3.8) is 0 Å². The standard InChI is InChI=1S/C27H26F5N3O2/c28-22-9-10-23(29)24(18-22)33-26(36)35-13-11-34(12-14-35)15-16-37-25(19-5-2-1-3-6-19)20-7-4-8-21(17-20)27(30,31)32/h1-10,17-18,25H,11-16H2,(H,33,36). The molecule has 0 radical (unpaired) electrons. The van der Waals surface area contributed by atoms with Crippen LogP contribution in [0.1, 0.15) is 22.8 Å². The molecule has 0 spiro atoms. The topological polar surface area (TPSA) is 44.8 Å². The fourth-order valence-electron chi connectivity index (χ4n) is 4.15. The molecule has 1 fully saturated rings. The maximum absolute atomic E-state index is 13.8. The van der Waals surface area contributed by atoms with Gasteiger partial charge in [0.05, 0.1) is 17.9 Å². The average Bonchev–Trinajstić information content (AvgIpc) is 2.89. The highest BCUT2D eigenvalue weighted by Gasteiger charge is 2.31. The van der Waals surface area contributed by atoms with Crippen LogP contribution in [-0.4, -0.2) is 55.2 Å². The molecule has 4 rings (SSSR count). The Kier molecular flexibility index (Phi) is 8.40. The minimum absolute atomic E-state index is 0.220. The highest BCUT2D eigenvalue weighted by Crippen LogP contribution is 2.33. The SMILES string of the molecule is O=C(Nc1cc(F)ccc1F)N1CCN(CCOC(c2ccccc2)c2cccc(C(F)(F)F)c2)CC1. The minimum atomic E-state index is -4.45. The zero-order valence-corrected chi connectivity index (χ0v) is 19.8. The molecule has 37 heavy (non-hydrogen) atoms. The van der Waals surface area contributed by atoms with Crippen molar-refractivity contribution in [2.75, 3.05) is 44.6 Å². The summed E-state index contributed by atoms with van der Waals surface area (Å²) in [6.45, 7) is 2.58. The molecule has 1 aliphatic heterocycles. The second-order valence-corrected chi connectivity index (χ2v) is 8.67. The van der Waals surface area contributed by atoms with Crippen LogP contribution in [0.25, 0.3) is 0 Å². The predicted octanol–water partition coefficient (Wildman–Crippen LogP) is 5.94. The first-order valence-electron chi connectivity index (χ1n) is 11.8. The summed E-state index contributed by atoms with van der Waals surface area (Å²) < 4.78 is 73.0. The fraction of sp³-hybridized carbons (Fsp3) is 0.296. The highest BCUT2D eigenvalue weighted by molar-refractivity contribution is 5.89. The smallest absolute Gasteiger partial charge is 0.367 e. The molecule has 0 aromatic heterocycles. The van der Waals surface area contributed by atoms with Gasteiger partial charge in [0.2, 0.25) is 0 Å². The summed E-state index contributed by atoms with van der Waals surface area (Å²) in [6, 6.07) is 16.5. The maximum Gasteiger partial charge on any atom is 0.416 e. The number of rotatable bonds is 7. The van der Waals surface area contributed by atoms with Crippen molar-refractivity contribution in [3.05, 3.63) is 101 Å². The Balaban J connectivity index is 1.32. The summed E-state index contributed by atoms with van der Waals surface area (Å²) >= 11 is 0. The monoisotopic (exact) mass is 519 g/mol. The molecular formula is C27H26F5N3O2. The first-order valence-corrected chi connectivity index (χ1v) is 11.8. The average molecular weight is 520 g/mol. The summed E-state index contributed by atoms with van der Waals surface area (Å²) in [5.41, 5.74) is 0.199. The van der Waals surface area contributed by atoms with Gasteiger partial charge in [0.1, 0.15) is 17.7 Å². The molecule has 2 amide bonds. The van der Waals surface area contributed by atoms with Crippen molar-refractivity contribution in [3.8, 4) is 0 Å². The van der Waals surface area contributed by atoms with Crippen LogP contribution in [0.5, 0.6) is 0 Å². The number of benzene rings is 3. The van der Waals surface area contributed by atoms with E-state index in [1.54, 1.807) is 18.2 Å². The lowest BCUT2D eigenvalue weighted by Gasteiger charge is -2.35. The predicted molar refractivity (Wildman–Crippen MR) is 129 cm³/mol. The molecule has 1 N–H and O–H groups in total. The third-order valence-electron chi connectivity index (χ3n) is 6.14. The van der Waals surface area contributed by atoms with E-state index < -0.39 is 35.5 Å². The van der Waals surface area contributed by atoms with E-state index in [9.17, 15) is 26.7 Å². The molecule has 1 atom stereocenters. The molecule has 1 aliphatic rings. The third kappa shape index (κ3) is 7.05. The molecule has 1 heterocycles. The van der Waals surface area contributed by atoms with E-state index in [1.165, 1.54) is 11.0 Å². The molecule has 3 aromatic rings. The lowest BCUT2D eigenvalue weighted by atomic mass is 9.99.